The third-order valence-electron chi connectivity index (χ3n) is 5.96. The van der Waals surface area contributed by atoms with Crippen LogP contribution in [0.2, 0.25) is 0 Å². The van der Waals surface area contributed by atoms with E-state index in [0.29, 0.717) is 6.54 Å². The molecule has 4 aromatic rings. The number of benzene rings is 4. The summed E-state index contributed by atoms with van der Waals surface area (Å²) in [6.07, 6.45) is 3.70. The van der Waals surface area contributed by atoms with E-state index in [1.165, 1.54) is 0 Å². The highest BCUT2D eigenvalue weighted by Gasteiger charge is 2.15. The Morgan fingerprint density at radius 1 is 0.750 bits per heavy atom. The van der Waals surface area contributed by atoms with Crippen LogP contribution >= 0.6 is 0 Å². The van der Waals surface area contributed by atoms with Crippen LogP contribution in [0.25, 0.3) is 6.08 Å². The largest absolute Gasteiger partial charge is 0.349 e. The zero-order chi connectivity index (χ0) is 25.2. The second-order valence-electron chi connectivity index (χ2n) is 8.70. The highest BCUT2D eigenvalue weighted by atomic mass is 16.2. The smallest absolute Gasteiger partial charge is 0.251 e. The Kier molecular flexibility index (Phi) is 8.44. The van der Waals surface area contributed by atoms with Gasteiger partial charge in [-0.1, -0.05) is 103 Å². The number of hydrogen-bond acceptors (Lipinski definition) is 2. The van der Waals surface area contributed by atoms with E-state index in [-0.39, 0.29) is 24.3 Å². The summed E-state index contributed by atoms with van der Waals surface area (Å²) in [6, 6.07) is 37.1. The SMILES string of the molecule is CC(NC(=O)Cc1ccc(N(Cc2ccccc2)C(=O)/C=C/c2ccccc2)cc1)c1ccccc1. The van der Waals surface area contributed by atoms with Gasteiger partial charge in [-0.2, -0.15) is 0 Å². The summed E-state index contributed by atoms with van der Waals surface area (Å²) >= 11 is 0. The van der Waals surface area contributed by atoms with Gasteiger partial charge >= 0.3 is 0 Å². The molecule has 0 radical (unpaired) electrons. The molecular weight excluding hydrogens is 444 g/mol. The van der Waals surface area contributed by atoms with Crippen molar-refractivity contribution < 1.29 is 9.59 Å². The van der Waals surface area contributed by atoms with Crippen molar-refractivity contribution in [3.8, 4) is 0 Å². The summed E-state index contributed by atoms with van der Waals surface area (Å²) in [5.74, 6) is -0.146. The summed E-state index contributed by atoms with van der Waals surface area (Å²) in [7, 11) is 0. The average Bonchev–Trinajstić information content (AvgIpc) is 2.92. The third kappa shape index (κ3) is 7.03. The Hall–Kier alpha value is -4.44. The van der Waals surface area contributed by atoms with Crippen molar-refractivity contribution in [3.63, 3.8) is 0 Å². The molecule has 4 aromatic carbocycles. The number of nitrogens with zero attached hydrogens (tertiary/aromatic N) is 1. The molecule has 2 amide bonds. The molecule has 0 saturated heterocycles. The van der Waals surface area contributed by atoms with Gasteiger partial charge in [0.15, 0.2) is 0 Å². The first-order valence-electron chi connectivity index (χ1n) is 12.1. The molecule has 0 aliphatic heterocycles. The fourth-order valence-corrected chi connectivity index (χ4v) is 3.98. The normalized spacial score (nSPS) is 11.7. The molecule has 1 atom stereocenters. The van der Waals surface area contributed by atoms with Crippen molar-refractivity contribution in [1.82, 2.24) is 5.32 Å². The van der Waals surface area contributed by atoms with Gasteiger partial charge in [0.1, 0.15) is 0 Å². The average molecular weight is 475 g/mol. The maximum Gasteiger partial charge on any atom is 0.251 e. The van der Waals surface area contributed by atoms with Crippen molar-refractivity contribution in [1.29, 1.82) is 0 Å². The molecule has 4 nitrogen and oxygen atoms in total. The van der Waals surface area contributed by atoms with Gasteiger partial charge in [0.25, 0.3) is 5.91 Å². The number of amides is 2. The van der Waals surface area contributed by atoms with Gasteiger partial charge in [0, 0.05) is 11.8 Å². The van der Waals surface area contributed by atoms with Crippen LogP contribution in [-0.4, -0.2) is 11.8 Å². The monoisotopic (exact) mass is 474 g/mol. The van der Waals surface area contributed by atoms with Gasteiger partial charge in [0.05, 0.1) is 19.0 Å². The molecular formula is C32H30N2O2. The van der Waals surface area contributed by atoms with E-state index in [1.807, 2.05) is 128 Å². The lowest BCUT2D eigenvalue weighted by Gasteiger charge is -2.22. The van der Waals surface area contributed by atoms with E-state index >= 15 is 0 Å². The molecule has 1 unspecified atom stereocenters. The Morgan fingerprint density at radius 2 is 1.33 bits per heavy atom. The second kappa shape index (κ2) is 12.3. The third-order valence-corrected chi connectivity index (χ3v) is 5.96. The van der Waals surface area contributed by atoms with Gasteiger partial charge in [-0.15, -0.1) is 0 Å². The molecule has 36 heavy (non-hydrogen) atoms. The molecule has 0 heterocycles. The summed E-state index contributed by atoms with van der Waals surface area (Å²) in [5.41, 5.74) is 4.75. The molecule has 4 heteroatoms. The fraction of sp³-hybridized carbons (Fsp3) is 0.125. The molecule has 0 spiro atoms. The molecule has 0 saturated carbocycles. The first kappa shape index (κ1) is 24.7. The molecule has 4 rings (SSSR count). The Morgan fingerprint density at radius 3 is 1.97 bits per heavy atom. The molecule has 0 aliphatic rings. The highest BCUT2D eigenvalue weighted by Crippen LogP contribution is 2.20. The molecule has 0 bridgehead atoms. The number of rotatable bonds is 9. The van der Waals surface area contributed by atoms with Crippen molar-refractivity contribution in [2.24, 2.45) is 0 Å². The quantitative estimate of drug-likeness (QED) is 0.287. The number of anilines is 1. The van der Waals surface area contributed by atoms with Crippen LogP contribution in [0.1, 0.15) is 35.2 Å². The van der Waals surface area contributed by atoms with Gasteiger partial charge in [-0.3, -0.25) is 9.59 Å². The lowest BCUT2D eigenvalue weighted by molar-refractivity contribution is -0.121. The summed E-state index contributed by atoms with van der Waals surface area (Å²) < 4.78 is 0. The standard InChI is InChI=1S/C32H30N2O2/c1-25(29-15-9-4-10-16-29)33-31(35)23-27-17-20-30(21-18-27)34(24-28-13-7-3-8-14-28)32(36)22-19-26-11-5-2-6-12-26/h2-22,25H,23-24H2,1H3,(H,33,35)/b22-19+. The van der Waals surface area contributed by atoms with Crippen LogP contribution in [0.5, 0.6) is 0 Å². The number of nitrogens with one attached hydrogen (secondary N) is 1. The van der Waals surface area contributed by atoms with Gasteiger partial charge in [0.2, 0.25) is 5.91 Å². The number of hydrogen-bond donors (Lipinski definition) is 1. The first-order chi connectivity index (χ1) is 17.6. The van der Waals surface area contributed by atoms with Crippen molar-refractivity contribution in [3.05, 3.63) is 144 Å². The predicted octanol–water partition coefficient (Wildman–Crippen LogP) is 6.35. The lowest BCUT2D eigenvalue weighted by Crippen LogP contribution is -2.29. The van der Waals surface area contributed by atoms with E-state index in [2.05, 4.69) is 5.32 Å². The Bertz CT molecular complexity index is 1280. The second-order valence-corrected chi connectivity index (χ2v) is 8.70. The zero-order valence-corrected chi connectivity index (χ0v) is 20.4. The minimum Gasteiger partial charge on any atom is -0.349 e. The Balaban J connectivity index is 1.46. The Labute approximate surface area is 212 Å². The molecule has 0 aromatic heterocycles. The maximum atomic E-state index is 13.2. The van der Waals surface area contributed by atoms with E-state index in [9.17, 15) is 9.59 Å². The summed E-state index contributed by atoms with van der Waals surface area (Å²) in [4.78, 5) is 27.6. The molecule has 0 aliphatic carbocycles. The minimum atomic E-state index is -0.107. The number of carbonyl (C=O) groups excluding carboxylic acids is 2. The summed E-state index contributed by atoms with van der Waals surface area (Å²) in [6.45, 7) is 2.43. The van der Waals surface area contributed by atoms with Gasteiger partial charge in [-0.25, -0.2) is 0 Å². The van der Waals surface area contributed by atoms with Crippen molar-refractivity contribution in [2.75, 3.05) is 4.90 Å². The van der Waals surface area contributed by atoms with E-state index in [0.717, 1.165) is 27.9 Å². The topological polar surface area (TPSA) is 49.4 Å². The van der Waals surface area contributed by atoms with Gasteiger partial charge < -0.3 is 10.2 Å². The van der Waals surface area contributed by atoms with Crippen LogP contribution in [0, 0.1) is 0 Å². The minimum absolute atomic E-state index is 0.0397. The van der Waals surface area contributed by atoms with Crippen molar-refractivity contribution in [2.45, 2.75) is 25.9 Å². The molecule has 0 fully saturated rings. The predicted molar refractivity (Wildman–Crippen MR) is 146 cm³/mol. The van der Waals surface area contributed by atoms with Crippen LogP contribution in [-0.2, 0) is 22.6 Å². The molecule has 180 valence electrons. The van der Waals surface area contributed by atoms with E-state index < -0.39 is 0 Å². The van der Waals surface area contributed by atoms with E-state index in [1.54, 1.807) is 11.0 Å². The van der Waals surface area contributed by atoms with Crippen LogP contribution in [0.3, 0.4) is 0 Å². The first-order valence-corrected chi connectivity index (χ1v) is 12.1. The maximum absolute atomic E-state index is 13.2. The number of carbonyl (C=O) groups is 2. The van der Waals surface area contributed by atoms with Crippen LogP contribution in [0.4, 0.5) is 5.69 Å². The summed E-state index contributed by atoms with van der Waals surface area (Å²) in [5, 5.41) is 3.05. The highest BCUT2D eigenvalue weighted by molar-refractivity contribution is 6.03. The van der Waals surface area contributed by atoms with E-state index in [4.69, 9.17) is 0 Å². The lowest BCUT2D eigenvalue weighted by atomic mass is 10.1. The zero-order valence-electron chi connectivity index (χ0n) is 20.4. The van der Waals surface area contributed by atoms with Gasteiger partial charge in [-0.05, 0) is 47.4 Å². The van der Waals surface area contributed by atoms with Crippen LogP contribution < -0.4 is 10.2 Å². The molecule has 1 N–H and O–H groups in total. The fourth-order valence-electron chi connectivity index (χ4n) is 3.98. The van der Waals surface area contributed by atoms with Crippen LogP contribution in [0.15, 0.2) is 121 Å². The van der Waals surface area contributed by atoms with Crippen molar-refractivity contribution >= 4 is 23.6 Å².